The number of ether oxygens (including phenoxy) is 2. The van der Waals surface area contributed by atoms with Crippen LogP contribution in [0.1, 0.15) is 35.7 Å². The van der Waals surface area contributed by atoms with Crippen molar-refractivity contribution in [2.24, 2.45) is 5.92 Å². The molecule has 1 unspecified atom stereocenters. The lowest BCUT2D eigenvalue weighted by molar-refractivity contribution is -0.131. The molecule has 3 rings (SSSR count). The van der Waals surface area contributed by atoms with Crippen LogP contribution in [0.4, 0.5) is 0 Å². The van der Waals surface area contributed by atoms with Crippen LogP contribution in [0, 0.1) is 5.92 Å². The molecule has 1 saturated heterocycles. The van der Waals surface area contributed by atoms with Crippen LogP contribution < -0.4 is 4.74 Å². The molecule has 0 radical (unpaired) electrons. The highest BCUT2D eigenvalue weighted by Crippen LogP contribution is 2.23. The molecular weight excluding hydrogens is 358 g/mol. The highest BCUT2D eigenvalue weighted by atomic mass is 16.5. The van der Waals surface area contributed by atoms with Gasteiger partial charge in [0.1, 0.15) is 11.5 Å². The molecule has 0 amide bonds. The first-order valence-corrected chi connectivity index (χ1v) is 9.46. The lowest BCUT2D eigenvalue weighted by atomic mass is 9.98. The molecule has 1 heterocycles. The van der Waals surface area contributed by atoms with E-state index >= 15 is 0 Å². The van der Waals surface area contributed by atoms with Crippen LogP contribution in [0.25, 0.3) is 0 Å². The third-order valence-electron chi connectivity index (χ3n) is 4.79. The molecule has 0 aromatic heterocycles. The number of para-hydroxylation sites is 1. The van der Waals surface area contributed by atoms with Gasteiger partial charge in [0.2, 0.25) is 0 Å². The van der Waals surface area contributed by atoms with E-state index in [9.17, 15) is 14.7 Å². The standard InChI is InChI=1S/C22H25NO5/c1-16(24)28-20-10-8-18(9-11-20)22(26)27-15-17-5-4-12-23(13-17)14-19-6-2-3-7-21(19)25/h2-3,6-11,17,25H,4-5,12-15H2,1H3. The molecule has 148 valence electrons. The summed E-state index contributed by atoms with van der Waals surface area (Å²) in [6.07, 6.45) is 2.04. The molecule has 1 aliphatic rings. The van der Waals surface area contributed by atoms with Crippen molar-refractivity contribution in [3.8, 4) is 11.5 Å². The molecule has 1 N–H and O–H groups in total. The number of phenols is 1. The Labute approximate surface area is 164 Å². The van der Waals surface area contributed by atoms with Crippen LogP contribution in [0.5, 0.6) is 11.5 Å². The molecule has 28 heavy (non-hydrogen) atoms. The summed E-state index contributed by atoms with van der Waals surface area (Å²) >= 11 is 0. The van der Waals surface area contributed by atoms with E-state index in [1.165, 1.54) is 6.92 Å². The number of hydrogen-bond acceptors (Lipinski definition) is 6. The average molecular weight is 383 g/mol. The summed E-state index contributed by atoms with van der Waals surface area (Å²) < 4.78 is 10.4. The minimum absolute atomic E-state index is 0.267. The number of piperidine rings is 1. The normalized spacial score (nSPS) is 17.1. The van der Waals surface area contributed by atoms with Crippen LogP contribution >= 0.6 is 0 Å². The van der Waals surface area contributed by atoms with Crippen molar-refractivity contribution >= 4 is 11.9 Å². The predicted octanol–water partition coefficient (Wildman–Crippen LogP) is 3.39. The van der Waals surface area contributed by atoms with E-state index in [1.54, 1.807) is 30.3 Å². The smallest absolute Gasteiger partial charge is 0.338 e. The van der Waals surface area contributed by atoms with E-state index in [1.807, 2.05) is 18.2 Å². The third kappa shape index (κ3) is 5.57. The molecular formula is C22H25NO5. The molecule has 1 atom stereocenters. The lowest BCUT2D eigenvalue weighted by Crippen LogP contribution is -2.37. The number of benzene rings is 2. The van der Waals surface area contributed by atoms with Crippen molar-refractivity contribution in [1.29, 1.82) is 0 Å². The van der Waals surface area contributed by atoms with Gasteiger partial charge < -0.3 is 14.6 Å². The van der Waals surface area contributed by atoms with Crippen LogP contribution in [0.15, 0.2) is 48.5 Å². The maximum atomic E-state index is 12.3. The predicted molar refractivity (Wildman–Crippen MR) is 104 cm³/mol. The Balaban J connectivity index is 1.49. The summed E-state index contributed by atoms with van der Waals surface area (Å²) in [4.78, 5) is 25.5. The minimum Gasteiger partial charge on any atom is -0.508 e. The van der Waals surface area contributed by atoms with Crippen molar-refractivity contribution in [1.82, 2.24) is 4.90 Å². The van der Waals surface area contributed by atoms with E-state index in [4.69, 9.17) is 9.47 Å². The fraction of sp³-hybridized carbons (Fsp3) is 0.364. The molecule has 0 saturated carbocycles. The Morgan fingerprint density at radius 1 is 1.14 bits per heavy atom. The number of aromatic hydroxyl groups is 1. The maximum Gasteiger partial charge on any atom is 0.338 e. The summed E-state index contributed by atoms with van der Waals surface area (Å²) in [7, 11) is 0. The fourth-order valence-electron chi connectivity index (χ4n) is 3.42. The summed E-state index contributed by atoms with van der Waals surface area (Å²) in [6, 6.07) is 13.7. The molecule has 0 aliphatic carbocycles. The summed E-state index contributed by atoms with van der Waals surface area (Å²) in [5.74, 6) is 0.196. The van der Waals surface area contributed by atoms with Crippen molar-refractivity contribution in [2.45, 2.75) is 26.3 Å². The molecule has 0 bridgehead atoms. The zero-order chi connectivity index (χ0) is 19.9. The van der Waals surface area contributed by atoms with Crippen LogP contribution in [-0.4, -0.2) is 41.6 Å². The van der Waals surface area contributed by atoms with E-state index in [0.29, 0.717) is 30.2 Å². The minimum atomic E-state index is -0.402. The monoisotopic (exact) mass is 383 g/mol. The van der Waals surface area contributed by atoms with Crippen LogP contribution in [0.2, 0.25) is 0 Å². The second-order valence-electron chi connectivity index (χ2n) is 7.09. The van der Waals surface area contributed by atoms with Gasteiger partial charge in [0.05, 0.1) is 12.2 Å². The summed E-state index contributed by atoms with van der Waals surface area (Å²) in [5, 5.41) is 9.95. The molecule has 1 aliphatic heterocycles. The van der Waals surface area contributed by atoms with Crippen LogP contribution in [0.3, 0.4) is 0 Å². The van der Waals surface area contributed by atoms with Gasteiger partial charge in [-0.2, -0.15) is 0 Å². The van der Waals surface area contributed by atoms with E-state index < -0.39 is 5.97 Å². The van der Waals surface area contributed by atoms with Crippen molar-refractivity contribution in [2.75, 3.05) is 19.7 Å². The van der Waals surface area contributed by atoms with Gasteiger partial charge in [-0.05, 0) is 49.7 Å². The number of carbonyl (C=O) groups is 2. The largest absolute Gasteiger partial charge is 0.508 e. The second-order valence-corrected chi connectivity index (χ2v) is 7.09. The average Bonchev–Trinajstić information content (AvgIpc) is 2.68. The van der Waals surface area contributed by atoms with Crippen LogP contribution in [-0.2, 0) is 16.1 Å². The Kier molecular flexibility index (Phi) is 6.66. The van der Waals surface area contributed by atoms with Gasteiger partial charge in [0.25, 0.3) is 0 Å². The SMILES string of the molecule is CC(=O)Oc1ccc(C(=O)OCC2CCCN(Cc3ccccc3O)C2)cc1. The summed E-state index contributed by atoms with van der Waals surface area (Å²) in [5.41, 5.74) is 1.34. The fourth-order valence-corrected chi connectivity index (χ4v) is 3.42. The maximum absolute atomic E-state index is 12.3. The number of nitrogens with zero attached hydrogens (tertiary/aromatic N) is 1. The molecule has 6 heteroatoms. The van der Waals surface area contributed by atoms with Crippen molar-refractivity contribution in [3.05, 3.63) is 59.7 Å². The first-order chi connectivity index (χ1) is 13.5. The van der Waals surface area contributed by atoms with Gasteiger partial charge in [-0.1, -0.05) is 18.2 Å². The van der Waals surface area contributed by atoms with Gasteiger partial charge in [-0.3, -0.25) is 9.69 Å². The number of rotatable bonds is 6. The molecule has 0 spiro atoms. The Morgan fingerprint density at radius 2 is 1.89 bits per heavy atom. The second kappa shape index (κ2) is 9.37. The summed E-state index contributed by atoms with van der Waals surface area (Å²) in [6.45, 7) is 4.18. The van der Waals surface area contributed by atoms with Gasteiger partial charge >= 0.3 is 11.9 Å². The zero-order valence-electron chi connectivity index (χ0n) is 16.0. The third-order valence-corrected chi connectivity index (χ3v) is 4.79. The first kappa shape index (κ1) is 19.9. The van der Waals surface area contributed by atoms with E-state index in [-0.39, 0.29) is 11.9 Å². The quantitative estimate of drug-likeness (QED) is 0.609. The Hall–Kier alpha value is -2.86. The Bertz CT molecular complexity index is 818. The first-order valence-electron chi connectivity index (χ1n) is 9.46. The van der Waals surface area contributed by atoms with Crippen molar-refractivity contribution in [3.63, 3.8) is 0 Å². The highest BCUT2D eigenvalue weighted by molar-refractivity contribution is 5.89. The highest BCUT2D eigenvalue weighted by Gasteiger charge is 2.22. The van der Waals surface area contributed by atoms with Gasteiger partial charge in [-0.25, -0.2) is 4.79 Å². The Morgan fingerprint density at radius 3 is 2.61 bits per heavy atom. The van der Waals surface area contributed by atoms with E-state index in [2.05, 4.69) is 4.90 Å². The number of phenolic OH excluding ortho intramolecular Hbond substituents is 1. The lowest BCUT2D eigenvalue weighted by Gasteiger charge is -2.32. The van der Waals surface area contributed by atoms with Gasteiger partial charge in [0, 0.05) is 31.5 Å². The van der Waals surface area contributed by atoms with Crippen molar-refractivity contribution < 1.29 is 24.2 Å². The molecule has 1 fully saturated rings. The number of esters is 2. The van der Waals surface area contributed by atoms with Gasteiger partial charge in [0.15, 0.2) is 0 Å². The number of likely N-dealkylation sites (tertiary alicyclic amines) is 1. The molecule has 6 nitrogen and oxygen atoms in total. The van der Waals surface area contributed by atoms with E-state index in [0.717, 1.165) is 31.5 Å². The molecule has 2 aromatic rings. The van der Waals surface area contributed by atoms with Gasteiger partial charge in [-0.15, -0.1) is 0 Å². The molecule has 2 aromatic carbocycles. The number of hydrogen-bond donors (Lipinski definition) is 1. The number of carbonyl (C=O) groups excluding carboxylic acids is 2. The zero-order valence-corrected chi connectivity index (χ0v) is 16.0. The topological polar surface area (TPSA) is 76.1 Å².